The van der Waals surface area contributed by atoms with Crippen LogP contribution < -0.4 is 10.2 Å². The summed E-state index contributed by atoms with van der Waals surface area (Å²) >= 11 is 0. The first kappa shape index (κ1) is 16.2. The number of anilines is 1. The zero-order chi connectivity index (χ0) is 16.1. The maximum absolute atomic E-state index is 12.5. The molecule has 2 fully saturated rings. The van der Waals surface area contributed by atoms with Gasteiger partial charge in [0.25, 0.3) is 0 Å². The summed E-state index contributed by atoms with van der Waals surface area (Å²) in [6.07, 6.45) is 7.86. The molecule has 0 bridgehead atoms. The molecule has 0 saturated carbocycles. The SMILES string of the molecule is CN1CCC(CNC(=O)C2CCCN(c3ncccn3)C2)CC1. The lowest BCUT2D eigenvalue weighted by molar-refractivity contribution is -0.125. The van der Waals surface area contributed by atoms with E-state index in [0.717, 1.165) is 51.5 Å². The van der Waals surface area contributed by atoms with E-state index in [-0.39, 0.29) is 11.8 Å². The summed E-state index contributed by atoms with van der Waals surface area (Å²) in [6, 6.07) is 1.82. The van der Waals surface area contributed by atoms with Gasteiger partial charge in [-0.25, -0.2) is 9.97 Å². The van der Waals surface area contributed by atoms with Crippen LogP contribution in [0.1, 0.15) is 25.7 Å². The molecular weight excluding hydrogens is 290 g/mol. The molecule has 2 aliphatic rings. The van der Waals surface area contributed by atoms with Gasteiger partial charge in [-0.15, -0.1) is 0 Å². The first-order valence-corrected chi connectivity index (χ1v) is 8.70. The smallest absolute Gasteiger partial charge is 0.225 e. The summed E-state index contributed by atoms with van der Waals surface area (Å²) < 4.78 is 0. The molecule has 6 nitrogen and oxygen atoms in total. The number of carbonyl (C=O) groups excluding carboxylic acids is 1. The lowest BCUT2D eigenvalue weighted by atomic mass is 9.95. The van der Waals surface area contributed by atoms with Gasteiger partial charge in [0.05, 0.1) is 5.92 Å². The Morgan fingerprint density at radius 1 is 1.22 bits per heavy atom. The van der Waals surface area contributed by atoms with Gasteiger partial charge in [-0.1, -0.05) is 0 Å². The minimum Gasteiger partial charge on any atom is -0.356 e. The predicted octanol–water partition coefficient (Wildman–Crippen LogP) is 1.15. The summed E-state index contributed by atoms with van der Waals surface area (Å²) in [6.45, 7) is 4.77. The minimum absolute atomic E-state index is 0.0545. The molecule has 1 atom stereocenters. The van der Waals surface area contributed by atoms with Crippen LogP contribution in [-0.2, 0) is 4.79 Å². The quantitative estimate of drug-likeness (QED) is 0.903. The first-order chi connectivity index (χ1) is 11.2. The molecule has 2 saturated heterocycles. The number of amides is 1. The maximum atomic E-state index is 12.5. The second-order valence-corrected chi connectivity index (χ2v) is 6.83. The Kier molecular flexibility index (Phi) is 5.43. The highest BCUT2D eigenvalue weighted by Crippen LogP contribution is 2.20. The van der Waals surface area contributed by atoms with E-state index in [1.165, 1.54) is 12.8 Å². The average Bonchev–Trinajstić information content (AvgIpc) is 2.62. The number of rotatable bonds is 4. The van der Waals surface area contributed by atoms with Crippen molar-refractivity contribution in [2.45, 2.75) is 25.7 Å². The molecule has 1 N–H and O–H groups in total. The third-order valence-corrected chi connectivity index (χ3v) is 5.03. The number of piperidine rings is 2. The van der Waals surface area contributed by atoms with E-state index in [2.05, 4.69) is 32.1 Å². The number of hydrogen-bond donors (Lipinski definition) is 1. The Morgan fingerprint density at radius 2 is 1.96 bits per heavy atom. The molecule has 2 aliphatic heterocycles. The number of likely N-dealkylation sites (tertiary alicyclic amines) is 1. The fraction of sp³-hybridized carbons (Fsp3) is 0.706. The second kappa shape index (κ2) is 7.73. The molecule has 1 amide bonds. The zero-order valence-corrected chi connectivity index (χ0v) is 13.9. The largest absolute Gasteiger partial charge is 0.356 e. The van der Waals surface area contributed by atoms with Crippen molar-refractivity contribution < 1.29 is 4.79 Å². The third kappa shape index (κ3) is 4.41. The molecule has 23 heavy (non-hydrogen) atoms. The number of aromatic nitrogens is 2. The predicted molar refractivity (Wildman–Crippen MR) is 90.2 cm³/mol. The van der Waals surface area contributed by atoms with Crippen molar-refractivity contribution in [3.05, 3.63) is 18.5 Å². The van der Waals surface area contributed by atoms with Crippen LogP contribution in [0.4, 0.5) is 5.95 Å². The van der Waals surface area contributed by atoms with E-state index in [1.807, 2.05) is 6.07 Å². The van der Waals surface area contributed by atoms with E-state index in [1.54, 1.807) is 12.4 Å². The molecule has 3 rings (SSSR count). The van der Waals surface area contributed by atoms with Crippen molar-refractivity contribution >= 4 is 11.9 Å². The monoisotopic (exact) mass is 317 g/mol. The van der Waals surface area contributed by atoms with Crippen LogP contribution in [0.25, 0.3) is 0 Å². The fourth-order valence-corrected chi connectivity index (χ4v) is 3.48. The Hall–Kier alpha value is -1.69. The minimum atomic E-state index is 0.0545. The van der Waals surface area contributed by atoms with E-state index in [9.17, 15) is 4.79 Å². The number of nitrogens with zero attached hydrogens (tertiary/aromatic N) is 4. The standard InChI is InChI=1S/C17H27N5O/c1-21-10-5-14(6-11-21)12-20-16(23)15-4-2-9-22(13-15)17-18-7-3-8-19-17/h3,7-8,14-15H,2,4-6,9-13H2,1H3,(H,20,23). The molecule has 0 aliphatic carbocycles. The fourth-order valence-electron chi connectivity index (χ4n) is 3.48. The van der Waals surface area contributed by atoms with Gasteiger partial charge in [-0.05, 0) is 57.8 Å². The molecular formula is C17H27N5O. The molecule has 0 spiro atoms. The highest BCUT2D eigenvalue weighted by atomic mass is 16.1. The van der Waals surface area contributed by atoms with Crippen LogP contribution in [0.2, 0.25) is 0 Å². The van der Waals surface area contributed by atoms with Gasteiger partial charge in [-0.2, -0.15) is 0 Å². The Balaban J connectivity index is 1.47. The summed E-state index contributed by atoms with van der Waals surface area (Å²) in [5.41, 5.74) is 0. The molecule has 0 aromatic carbocycles. The number of hydrogen-bond acceptors (Lipinski definition) is 5. The molecule has 0 radical (unpaired) electrons. The van der Waals surface area contributed by atoms with Gasteiger partial charge < -0.3 is 15.1 Å². The van der Waals surface area contributed by atoms with Crippen LogP contribution in [0.3, 0.4) is 0 Å². The second-order valence-electron chi connectivity index (χ2n) is 6.83. The molecule has 6 heteroatoms. The van der Waals surface area contributed by atoms with Crippen LogP contribution >= 0.6 is 0 Å². The Bertz CT molecular complexity index is 501. The Labute approximate surface area is 138 Å². The van der Waals surface area contributed by atoms with Gasteiger partial charge in [0, 0.05) is 32.0 Å². The van der Waals surface area contributed by atoms with Crippen LogP contribution in [0.5, 0.6) is 0 Å². The third-order valence-electron chi connectivity index (χ3n) is 5.03. The lowest BCUT2D eigenvalue weighted by Gasteiger charge is -2.33. The summed E-state index contributed by atoms with van der Waals surface area (Å²) in [5, 5.41) is 3.18. The Morgan fingerprint density at radius 3 is 2.70 bits per heavy atom. The summed E-state index contributed by atoms with van der Waals surface area (Å²) in [7, 11) is 2.16. The highest BCUT2D eigenvalue weighted by molar-refractivity contribution is 5.79. The van der Waals surface area contributed by atoms with Crippen molar-refractivity contribution in [1.82, 2.24) is 20.2 Å². The molecule has 1 aromatic rings. The lowest BCUT2D eigenvalue weighted by Crippen LogP contribution is -2.45. The van der Waals surface area contributed by atoms with Gasteiger partial charge in [0.1, 0.15) is 0 Å². The number of carbonyl (C=O) groups is 1. The zero-order valence-electron chi connectivity index (χ0n) is 13.9. The van der Waals surface area contributed by atoms with Crippen molar-refractivity contribution in [3.8, 4) is 0 Å². The van der Waals surface area contributed by atoms with E-state index >= 15 is 0 Å². The van der Waals surface area contributed by atoms with E-state index in [0.29, 0.717) is 5.92 Å². The molecule has 3 heterocycles. The average molecular weight is 317 g/mol. The van der Waals surface area contributed by atoms with Crippen molar-refractivity contribution in [1.29, 1.82) is 0 Å². The molecule has 1 aromatic heterocycles. The van der Waals surface area contributed by atoms with Crippen LogP contribution in [0, 0.1) is 11.8 Å². The molecule has 1 unspecified atom stereocenters. The van der Waals surface area contributed by atoms with Crippen LogP contribution in [0.15, 0.2) is 18.5 Å². The van der Waals surface area contributed by atoms with Gasteiger partial charge >= 0.3 is 0 Å². The summed E-state index contributed by atoms with van der Waals surface area (Å²) in [4.78, 5) is 25.6. The van der Waals surface area contributed by atoms with E-state index in [4.69, 9.17) is 0 Å². The topological polar surface area (TPSA) is 61.4 Å². The first-order valence-electron chi connectivity index (χ1n) is 8.70. The van der Waals surface area contributed by atoms with Gasteiger partial charge in [0.2, 0.25) is 11.9 Å². The van der Waals surface area contributed by atoms with Crippen molar-refractivity contribution in [3.63, 3.8) is 0 Å². The normalized spacial score (nSPS) is 23.7. The van der Waals surface area contributed by atoms with Crippen LogP contribution in [-0.4, -0.2) is 60.5 Å². The van der Waals surface area contributed by atoms with E-state index < -0.39 is 0 Å². The maximum Gasteiger partial charge on any atom is 0.225 e. The number of nitrogens with one attached hydrogen (secondary N) is 1. The summed E-state index contributed by atoms with van der Waals surface area (Å²) in [5.74, 6) is 1.62. The molecule has 126 valence electrons. The van der Waals surface area contributed by atoms with Crippen molar-refractivity contribution in [2.24, 2.45) is 11.8 Å². The highest BCUT2D eigenvalue weighted by Gasteiger charge is 2.27. The van der Waals surface area contributed by atoms with Crippen molar-refractivity contribution in [2.75, 3.05) is 44.7 Å². The van der Waals surface area contributed by atoms with Gasteiger partial charge in [0.15, 0.2) is 0 Å². The van der Waals surface area contributed by atoms with Gasteiger partial charge in [-0.3, -0.25) is 4.79 Å².